The summed E-state index contributed by atoms with van der Waals surface area (Å²) in [5.41, 5.74) is 1.09. The number of rotatable bonds is 8. The number of aromatic nitrogens is 8. The Hall–Kier alpha value is -6.21. The molecule has 51 heavy (non-hydrogen) atoms. The summed E-state index contributed by atoms with van der Waals surface area (Å²) < 4.78 is 52.3. The van der Waals surface area contributed by atoms with Crippen LogP contribution in [0, 0.1) is 35.4 Å². The number of aromatic amines is 2. The molecule has 0 aromatic carbocycles. The Bertz CT molecular complexity index is 2210. The van der Waals surface area contributed by atoms with Gasteiger partial charge in [-0.25, -0.2) is 24.8 Å². The van der Waals surface area contributed by atoms with Crippen LogP contribution in [-0.2, 0) is 15.9 Å². The first-order valence-electron chi connectivity index (χ1n) is 15.0. The first kappa shape index (κ1) is 34.6. The van der Waals surface area contributed by atoms with Crippen LogP contribution in [0.3, 0.4) is 0 Å². The van der Waals surface area contributed by atoms with Gasteiger partial charge < -0.3 is 29.2 Å². The molecule has 0 spiro atoms. The van der Waals surface area contributed by atoms with Crippen LogP contribution in [0.5, 0.6) is 23.5 Å². The molecule has 16 nitrogen and oxygen atoms in total. The maximum absolute atomic E-state index is 15.0. The zero-order valence-electron chi connectivity index (χ0n) is 26.2. The van der Waals surface area contributed by atoms with Gasteiger partial charge in [0.2, 0.25) is 29.0 Å². The van der Waals surface area contributed by atoms with Gasteiger partial charge in [-0.1, -0.05) is 62.8 Å². The first-order valence-corrected chi connectivity index (χ1v) is 15.3. The minimum absolute atomic E-state index is 0.0642. The van der Waals surface area contributed by atoms with Crippen LogP contribution in [0.15, 0.2) is 35.6 Å². The summed E-state index contributed by atoms with van der Waals surface area (Å²) in [7, 11) is 0. The molecule has 0 fully saturated rings. The van der Waals surface area contributed by atoms with E-state index in [9.17, 15) is 23.5 Å². The van der Waals surface area contributed by atoms with Crippen molar-refractivity contribution in [2.75, 3.05) is 13.2 Å². The third kappa shape index (κ3) is 7.84. The number of carbonyl (C=O) groups is 2. The minimum atomic E-state index is -1.41. The van der Waals surface area contributed by atoms with Crippen molar-refractivity contribution in [2.45, 2.75) is 38.4 Å². The van der Waals surface area contributed by atoms with Gasteiger partial charge in [-0.3, -0.25) is 0 Å². The molecule has 4 aromatic heterocycles. The molecule has 0 bridgehead atoms. The molecule has 2 aliphatic heterocycles. The quantitative estimate of drug-likeness (QED) is 0.149. The van der Waals surface area contributed by atoms with Crippen molar-refractivity contribution in [3.05, 3.63) is 80.4 Å². The standard InChI is InChI=1S/C32H23ClF2N8O8/c1-2-19-17(13-22(37-27(19)35)50-29-25(31(44)45)38-42-40-29)5-3-15-7-9-48-20(11-15)21-12-16(8-10-49-21)4-6-18-14-36-28(24(34)23(18)33)51-30-26(32(46)47)39-43-41-30/h7,12-14,20-21H,2,8-11H2,1H3,(H,44,45)(H,46,47)(H,38,40,42)(H,39,41,43). The highest BCUT2D eigenvalue weighted by Crippen LogP contribution is 2.30. The Kier molecular flexibility index (Phi) is 10.3. The lowest BCUT2D eigenvalue weighted by molar-refractivity contribution is -0.0509. The molecule has 2 atom stereocenters. The van der Waals surface area contributed by atoms with Crippen molar-refractivity contribution in [1.29, 1.82) is 0 Å². The molecular weight excluding hydrogens is 698 g/mol. The Morgan fingerprint density at radius 3 is 2.37 bits per heavy atom. The van der Waals surface area contributed by atoms with Gasteiger partial charge in [-0.05, 0) is 18.6 Å². The Morgan fingerprint density at radius 2 is 1.67 bits per heavy atom. The number of hydrogen-bond acceptors (Lipinski definition) is 12. The lowest BCUT2D eigenvalue weighted by Crippen LogP contribution is -2.35. The van der Waals surface area contributed by atoms with Crippen molar-refractivity contribution in [1.82, 2.24) is 40.8 Å². The average Bonchev–Trinajstić information content (AvgIpc) is 3.79. The highest BCUT2D eigenvalue weighted by atomic mass is 35.5. The van der Waals surface area contributed by atoms with Crippen LogP contribution in [0.2, 0.25) is 5.02 Å². The van der Waals surface area contributed by atoms with Gasteiger partial charge in [-0.15, -0.1) is 0 Å². The number of H-pyrrole nitrogens is 2. The molecule has 260 valence electrons. The lowest BCUT2D eigenvalue weighted by atomic mass is 9.97. The van der Waals surface area contributed by atoms with E-state index in [4.69, 9.17) is 35.7 Å². The van der Waals surface area contributed by atoms with Crippen LogP contribution < -0.4 is 9.47 Å². The topological polar surface area (TPSA) is 220 Å². The summed E-state index contributed by atoms with van der Waals surface area (Å²) in [6.45, 7) is 2.32. The van der Waals surface area contributed by atoms with E-state index in [1.54, 1.807) is 19.1 Å². The predicted molar refractivity (Wildman–Crippen MR) is 168 cm³/mol. The second kappa shape index (κ2) is 15.1. The highest BCUT2D eigenvalue weighted by Gasteiger charge is 2.27. The molecule has 19 heteroatoms. The van der Waals surface area contributed by atoms with Crippen LogP contribution in [0.1, 0.15) is 57.4 Å². The van der Waals surface area contributed by atoms with E-state index in [-0.39, 0.29) is 40.9 Å². The van der Waals surface area contributed by atoms with Crippen LogP contribution >= 0.6 is 11.6 Å². The molecule has 6 heterocycles. The van der Waals surface area contributed by atoms with Gasteiger partial charge in [0.1, 0.15) is 6.10 Å². The molecule has 4 N–H and O–H groups in total. The van der Waals surface area contributed by atoms with Gasteiger partial charge in [0.15, 0.2) is 0 Å². The van der Waals surface area contributed by atoms with Crippen molar-refractivity contribution in [3.8, 4) is 47.2 Å². The third-order valence-electron chi connectivity index (χ3n) is 7.38. The maximum atomic E-state index is 15.0. The highest BCUT2D eigenvalue weighted by molar-refractivity contribution is 6.32. The minimum Gasteiger partial charge on any atom is -0.476 e. The second-order valence-corrected chi connectivity index (χ2v) is 11.0. The van der Waals surface area contributed by atoms with E-state index in [1.165, 1.54) is 12.3 Å². The van der Waals surface area contributed by atoms with E-state index in [0.717, 1.165) is 0 Å². The normalized spacial score (nSPS) is 16.9. The van der Waals surface area contributed by atoms with Gasteiger partial charge in [0, 0.05) is 47.4 Å². The summed E-state index contributed by atoms with van der Waals surface area (Å²) in [5.74, 6) is 5.41. The van der Waals surface area contributed by atoms with Crippen LogP contribution in [0.25, 0.3) is 0 Å². The third-order valence-corrected chi connectivity index (χ3v) is 7.75. The van der Waals surface area contributed by atoms with Gasteiger partial charge in [0.25, 0.3) is 17.6 Å². The largest absolute Gasteiger partial charge is 0.476 e. The molecule has 0 saturated carbocycles. The van der Waals surface area contributed by atoms with Gasteiger partial charge >= 0.3 is 11.9 Å². The Labute approximate surface area is 290 Å². The SMILES string of the molecule is CCc1c(C#CC2=CCOC(C3C=C(C#Cc4cnc(Oc5nn[nH]c5C(=O)O)c(F)c4Cl)CCO3)C2)cc(Oc2nn[nH]c2C(=O)O)nc1F. The molecule has 0 radical (unpaired) electrons. The molecule has 2 unspecified atom stereocenters. The summed E-state index contributed by atoms with van der Waals surface area (Å²) in [5, 5.41) is 36.1. The number of ether oxygens (including phenoxy) is 4. The van der Waals surface area contributed by atoms with Crippen molar-refractivity contribution < 1.29 is 47.5 Å². The number of pyridine rings is 2. The van der Waals surface area contributed by atoms with E-state index < -0.39 is 59.1 Å². The van der Waals surface area contributed by atoms with Crippen molar-refractivity contribution >= 4 is 23.5 Å². The summed E-state index contributed by atoms with van der Waals surface area (Å²) in [4.78, 5) is 30.2. The Balaban J connectivity index is 1.15. The monoisotopic (exact) mass is 720 g/mol. The average molecular weight is 721 g/mol. The summed E-state index contributed by atoms with van der Waals surface area (Å²) >= 11 is 6.18. The number of halogens is 3. The van der Waals surface area contributed by atoms with E-state index in [2.05, 4.69) is 64.5 Å². The molecule has 4 aromatic rings. The zero-order valence-corrected chi connectivity index (χ0v) is 26.9. The van der Waals surface area contributed by atoms with Gasteiger partial charge in [-0.2, -0.15) is 13.8 Å². The predicted octanol–water partition coefficient (Wildman–Crippen LogP) is 4.02. The molecule has 2 aliphatic rings. The van der Waals surface area contributed by atoms with E-state index >= 15 is 0 Å². The molecule has 0 saturated heterocycles. The number of nitrogens with one attached hydrogen (secondary N) is 2. The number of carboxylic acids is 2. The smallest absolute Gasteiger partial charge is 0.359 e. The zero-order chi connectivity index (χ0) is 36.1. The van der Waals surface area contributed by atoms with Crippen LogP contribution in [-0.4, -0.2) is 88.4 Å². The molecule has 0 aliphatic carbocycles. The number of aromatic carboxylic acids is 2. The fraction of sp³-hybridized carbons (Fsp3) is 0.250. The van der Waals surface area contributed by atoms with E-state index in [1.807, 2.05) is 0 Å². The second-order valence-electron chi connectivity index (χ2n) is 10.6. The summed E-state index contributed by atoms with van der Waals surface area (Å²) in [6, 6.07) is 1.39. The number of hydrogen-bond donors (Lipinski definition) is 4. The Morgan fingerprint density at radius 1 is 0.980 bits per heavy atom. The van der Waals surface area contributed by atoms with Crippen molar-refractivity contribution in [3.63, 3.8) is 0 Å². The fourth-order valence-electron chi connectivity index (χ4n) is 4.87. The van der Waals surface area contributed by atoms with E-state index in [0.29, 0.717) is 36.2 Å². The maximum Gasteiger partial charge on any atom is 0.359 e. The molecule has 0 amide bonds. The lowest BCUT2D eigenvalue weighted by Gasteiger charge is -2.30. The fourth-order valence-corrected chi connectivity index (χ4v) is 5.04. The summed E-state index contributed by atoms with van der Waals surface area (Å²) in [6.07, 6.45) is 4.99. The van der Waals surface area contributed by atoms with Gasteiger partial charge in [0.05, 0.1) is 29.9 Å². The number of nitrogens with zero attached hydrogens (tertiary/aromatic N) is 6. The number of carboxylic acid groups (broad SMARTS) is 2. The van der Waals surface area contributed by atoms with Crippen molar-refractivity contribution in [2.24, 2.45) is 0 Å². The molecular formula is C32H23ClF2N8O8. The first-order chi connectivity index (χ1) is 24.6. The van der Waals surface area contributed by atoms with Crippen LogP contribution in [0.4, 0.5) is 8.78 Å². The molecule has 6 rings (SSSR count).